The molecule has 0 aliphatic carbocycles. The van der Waals surface area contributed by atoms with Crippen LogP contribution in [0, 0.1) is 18.8 Å². The van der Waals surface area contributed by atoms with E-state index in [4.69, 9.17) is 17.3 Å². The van der Waals surface area contributed by atoms with Crippen LogP contribution in [0.25, 0.3) is 0 Å². The molecule has 80 valence electrons. The van der Waals surface area contributed by atoms with Crippen LogP contribution in [-0.4, -0.2) is 0 Å². The van der Waals surface area contributed by atoms with E-state index in [9.17, 15) is 0 Å². The molecule has 0 saturated heterocycles. The minimum Gasteiger partial charge on any atom is -0.324 e. The van der Waals surface area contributed by atoms with Crippen molar-refractivity contribution in [3.05, 3.63) is 34.3 Å². The van der Waals surface area contributed by atoms with E-state index < -0.39 is 0 Å². The van der Waals surface area contributed by atoms with Crippen LogP contribution >= 0.6 is 11.6 Å². The van der Waals surface area contributed by atoms with Gasteiger partial charge in [0, 0.05) is 17.5 Å². The molecule has 0 bridgehead atoms. The lowest BCUT2D eigenvalue weighted by molar-refractivity contribution is 0.667. The molecule has 0 spiro atoms. The molecule has 1 unspecified atom stereocenters. The van der Waals surface area contributed by atoms with Crippen molar-refractivity contribution >= 4 is 11.6 Å². The van der Waals surface area contributed by atoms with Crippen molar-refractivity contribution in [3.63, 3.8) is 0 Å². The predicted molar refractivity (Wildman–Crippen MR) is 65.8 cm³/mol. The Morgan fingerprint density at radius 3 is 2.73 bits per heavy atom. The van der Waals surface area contributed by atoms with Crippen LogP contribution in [0.15, 0.2) is 18.2 Å². The lowest BCUT2D eigenvalue weighted by Crippen LogP contribution is -2.10. The Labute approximate surface area is 96.6 Å². The smallest absolute Gasteiger partial charge is 0.0411 e. The van der Waals surface area contributed by atoms with E-state index in [-0.39, 0.29) is 6.04 Å². The molecule has 0 saturated carbocycles. The summed E-state index contributed by atoms with van der Waals surface area (Å²) in [7, 11) is 0. The molecule has 0 aliphatic heterocycles. The molecule has 15 heavy (non-hydrogen) atoms. The highest BCUT2D eigenvalue weighted by atomic mass is 35.5. The third-order valence-electron chi connectivity index (χ3n) is 2.25. The molecule has 0 amide bonds. The molecule has 1 atom stereocenters. The van der Waals surface area contributed by atoms with Gasteiger partial charge in [-0.1, -0.05) is 17.7 Å². The summed E-state index contributed by atoms with van der Waals surface area (Å²) in [6.45, 7) is 3.86. The van der Waals surface area contributed by atoms with Crippen molar-refractivity contribution in [2.24, 2.45) is 5.73 Å². The highest BCUT2D eigenvalue weighted by molar-refractivity contribution is 6.30. The zero-order valence-electron chi connectivity index (χ0n) is 9.18. The monoisotopic (exact) mass is 221 g/mol. The standard InChI is InChI=1S/C13H16ClN/c1-3-4-5-6-13(15)11-7-10(2)8-12(14)9-11/h7-9,13H,5-6,15H2,1-2H3. The maximum absolute atomic E-state index is 6.05. The second-order valence-corrected chi connectivity index (χ2v) is 4.07. The van der Waals surface area contributed by atoms with Crippen LogP contribution in [0.2, 0.25) is 5.02 Å². The van der Waals surface area contributed by atoms with Crippen molar-refractivity contribution in [1.82, 2.24) is 0 Å². The first-order valence-electron chi connectivity index (χ1n) is 5.05. The van der Waals surface area contributed by atoms with Gasteiger partial charge in [-0.2, -0.15) is 0 Å². The summed E-state index contributed by atoms with van der Waals surface area (Å²) in [6.07, 6.45) is 1.71. The van der Waals surface area contributed by atoms with Crippen molar-refractivity contribution in [3.8, 4) is 11.8 Å². The molecule has 2 heteroatoms. The van der Waals surface area contributed by atoms with E-state index in [2.05, 4.69) is 17.9 Å². The quantitative estimate of drug-likeness (QED) is 0.778. The SMILES string of the molecule is CC#CCCC(N)c1cc(C)cc(Cl)c1. The normalized spacial score (nSPS) is 11.7. The van der Waals surface area contributed by atoms with Gasteiger partial charge >= 0.3 is 0 Å². The maximum atomic E-state index is 6.05. The summed E-state index contributed by atoms with van der Waals surface area (Å²) >= 11 is 5.97. The third-order valence-corrected chi connectivity index (χ3v) is 2.47. The van der Waals surface area contributed by atoms with Crippen LogP contribution in [0.1, 0.15) is 36.9 Å². The second-order valence-electron chi connectivity index (χ2n) is 3.63. The minimum atomic E-state index is 0.0308. The summed E-state index contributed by atoms with van der Waals surface area (Å²) in [4.78, 5) is 0. The average Bonchev–Trinajstić information content (AvgIpc) is 2.16. The van der Waals surface area contributed by atoms with E-state index in [1.54, 1.807) is 0 Å². The minimum absolute atomic E-state index is 0.0308. The number of rotatable bonds is 3. The number of aryl methyl sites for hydroxylation is 1. The molecular weight excluding hydrogens is 206 g/mol. The molecule has 0 radical (unpaired) electrons. The summed E-state index contributed by atoms with van der Waals surface area (Å²) in [5.74, 6) is 5.88. The largest absolute Gasteiger partial charge is 0.324 e. The Bertz CT molecular complexity index is 367. The third kappa shape index (κ3) is 3.95. The number of hydrogen-bond acceptors (Lipinski definition) is 1. The Balaban J connectivity index is 2.71. The van der Waals surface area contributed by atoms with Gasteiger partial charge in [0.05, 0.1) is 0 Å². The van der Waals surface area contributed by atoms with Gasteiger partial charge in [-0.25, -0.2) is 0 Å². The Morgan fingerprint density at radius 1 is 1.40 bits per heavy atom. The highest BCUT2D eigenvalue weighted by Gasteiger charge is 2.06. The van der Waals surface area contributed by atoms with Crippen LogP contribution in [0.5, 0.6) is 0 Å². The summed E-state index contributed by atoms with van der Waals surface area (Å²) in [5, 5.41) is 0.752. The molecule has 1 aromatic rings. The summed E-state index contributed by atoms with van der Waals surface area (Å²) in [5.41, 5.74) is 8.29. The summed E-state index contributed by atoms with van der Waals surface area (Å²) in [6, 6.07) is 5.97. The Morgan fingerprint density at radius 2 is 2.13 bits per heavy atom. The zero-order chi connectivity index (χ0) is 11.3. The van der Waals surface area contributed by atoms with Crippen LogP contribution in [0.3, 0.4) is 0 Å². The Hall–Kier alpha value is -0.970. The van der Waals surface area contributed by atoms with E-state index in [0.717, 1.165) is 29.0 Å². The molecule has 1 rings (SSSR count). The van der Waals surface area contributed by atoms with Crippen molar-refractivity contribution < 1.29 is 0 Å². The van der Waals surface area contributed by atoms with Gasteiger partial charge in [-0.05, 0) is 43.5 Å². The lowest BCUT2D eigenvalue weighted by Gasteiger charge is -2.11. The molecule has 1 aromatic carbocycles. The molecular formula is C13H16ClN. The van der Waals surface area contributed by atoms with Crippen molar-refractivity contribution in [2.45, 2.75) is 32.7 Å². The van der Waals surface area contributed by atoms with Gasteiger partial charge in [0.15, 0.2) is 0 Å². The zero-order valence-corrected chi connectivity index (χ0v) is 9.93. The maximum Gasteiger partial charge on any atom is 0.0411 e. The average molecular weight is 222 g/mol. The molecule has 0 aromatic heterocycles. The van der Waals surface area contributed by atoms with Gasteiger partial charge in [-0.3, -0.25) is 0 Å². The van der Waals surface area contributed by atoms with Gasteiger partial charge in [-0.15, -0.1) is 11.8 Å². The molecule has 1 nitrogen and oxygen atoms in total. The van der Waals surface area contributed by atoms with Crippen molar-refractivity contribution in [1.29, 1.82) is 0 Å². The van der Waals surface area contributed by atoms with Crippen LogP contribution in [-0.2, 0) is 0 Å². The fourth-order valence-corrected chi connectivity index (χ4v) is 1.80. The van der Waals surface area contributed by atoms with Gasteiger partial charge in [0.25, 0.3) is 0 Å². The first kappa shape index (κ1) is 12.1. The van der Waals surface area contributed by atoms with Gasteiger partial charge < -0.3 is 5.73 Å². The fourth-order valence-electron chi connectivity index (χ4n) is 1.50. The molecule has 2 N–H and O–H groups in total. The number of nitrogens with two attached hydrogens (primary N) is 1. The highest BCUT2D eigenvalue weighted by Crippen LogP contribution is 2.21. The lowest BCUT2D eigenvalue weighted by atomic mass is 10.0. The second kappa shape index (κ2) is 5.80. The first-order valence-corrected chi connectivity index (χ1v) is 5.43. The van der Waals surface area contributed by atoms with E-state index in [0.29, 0.717) is 0 Å². The molecule has 0 fully saturated rings. The molecule has 0 aliphatic rings. The summed E-state index contributed by atoms with van der Waals surface area (Å²) < 4.78 is 0. The predicted octanol–water partition coefficient (Wildman–Crippen LogP) is 3.45. The van der Waals surface area contributed by atoms with E-state index in [1.807, 2.05) is 26.0 Å². The van der Waals surface area contributed by atoms with Crippen molar-refractivity contribution in [2.75, 3.05) is 0 Å². The fraction of sp³-hybridized carbons (Fsp3) is 0.385. The van der Waals surface area contributed by atoms with E-state index >= 15 is 0 Å². The van der Waals surface area contributed by atoms with Crippen LogP contribution in [0.4, 0.5) is 0 Å². The number of halogens is 1. The topological polar surface area (TPSA) is 26.0 Å². The molecule has 0 heterocycles. The van der Waals surface area contributed by atoms with E-state index in [1.165, 1.54) is 0 Å². The van der Waals surface area contributed by atoms with Gasteiger partial charge in [0.1, 0.15) is 0 Å². The first-order chi connectivity index (χ1) is 7.13. The number of hydrogen-bond donors (Lipinski definition) is 1. The Kier molecular flexibility index (Phi) is 4.68. The van der Waals surface area contributed by atoms with Crippen LogP contribution < -0.4 is 5.73 Å². The number of benzene rings is 1. The van der Waals surface area contributed by atoms with Gasteiger partial charge in [0.2, 0.25) is 0 Å².